The number of nitrogens with zero attached hydrogens (tertiary/aromatic N) is 1. The largest absolute Gasteiger partial charge is 0.465 e. The summed E-state index contributed by atoms with van der Waals surface area (Å²) in [4.78, 5) is 17.4. The summed E-state index contributed by atoms with van der Waals surface area (Å²) >= 11 is 0. The van der Waals surface area contributed by atoms with Gasteiger partial charge in [-0.15, -0.1) is 0 Å². The van der Waals surface area contributed by atoms with E-state index in [1.165, 1.54) is 7.11 Å². The summed E-state index contributed by atoms with van der Waals surface area (Å²) in [6, 6.07) is 7.83. The van der Waals surface area contributed by atoms with Crippen LogP contribution in [0.2, 0.25) is 0 Å². The van der Waals surface area contributed by atoms with Crippen LogP contribution in [-0.4, -0.2) is 43.6 Å². The molecule has 2 aromatic rings. The number of aromatic amines is 1. The van der Waals surface area contributed by atoms with Crippen molar-refractivity contribution < 1.29 is 9.53 Å². The number of carbonyl (C=O) groups is 1. The van der Waals surface area contributed by atoms with Crippen molar-refractivity contribution in [3.63, 3.8) is 0 Å². The standard InChI is InChI=1S/C15H20N2O2/c1-17(2)10-6-9-13-14(15(18)19-3)11-7-4-5-8-12(11)16-13/h4-5,7-8,16H,6,9-10H2,1-3H3. The molecule has 1 heterocycles. The van der Waals surface area contributed by atoms with Gasteiger partial charge in [-0.05, 0) is 39.5 Å². The molecule has 0 unspecified atom stereocenters. The summed E-state index contributed by atoms with van der Waals surface area (Å²) in [6.07, 6.45) is 1.85. The Hall–Kier alpha value is -1.81. The van der Waals surface area contributed by atoms with Gasteiger partial charge < -0.3 is 14.6 Å². The van der Waals surface area contributed by atoms with Crippen LogP contribution in [-0.2, 0) is 11.2 Å². The zero-order valence-electron chi connectivity index (χ0n) is 11.7. The summed E-state index contributed by atoms with van der Waals surface area (Å²) < 4.78 is 4.90. The van der Waals surface area contributed by atoms with Crippen molar-refractivity contribution in [3.05, 3.63) is 35.5 Å². The van der Waals surface area contributed by atoms with Crippen molar-refractivity contribution in [2.75, 3.05) is 27.7 Å². The van der Waals surface area contributed by atoms with E-state index in [-0.39, 0.29) is 5.97 Å². The first-order chi connectivity index (χ1) is 9.13. The topological polar surface area (TPSA) is 45.3 Å². The number of fused-ring (bicyclic) bond motifs is 1. The number of aryl methyl sites for hydroxylation is 1. The van der Waals surface area contributed by atoms with E-state index in [9.17, 15) is 4.79 Å². The molecule has 0 fully saturated rings. The molecule has 1 N–H and O–H groups in total. The number of benzene rings is 1. The van der Waals surface area contributed by atoms with Crippen LogP contribution in [0.15, 0.2) is 24.3 Å². The van der Waals surface area contributed by atoms with Crippen LogP contribution >= 0.6 is 0 Å². The monoisotopic (exact) mass is 260 g/mol. The molecule has 0 aliphatic heterocycles. The first-order valence-electron chi connectivity index (χ1n) is 6.46. The molecule has 2 rings (SSSR count). The fourth-order valence-electron chi connectivity index (χ4n) is 2.29. The zero-order valence-corrected chi connectivity index (χ0v) is 11.7. The minimum atomic E-state index is -0.266. The highest BCUT2D eigenvalue weighted by atomic mass is 16.5. The molecule has 1 aromatic heterocycles. The predicted octanol–water partition coefficient (Wildman–Crippen LogP) is 2.45. The molecular weight excluding hydrogens is 240 g/mol. The van der Waals surface area contributed by atoms with E-state index < -0.39 is 0 Å². The number of methoxy groups -OCH3 is 1. The third kappa shape index (κ3) is 2.96. The minimum absolute atomic E-state index is 0.266. The van der Waals surface area contributed by atoms with Gasteiger partial charge >= 0.3 is 5.97 Å². The molecule has 19 heavy (non-hydrogen) atoms. The third-order valence-corrected chi connectivity index (χ3v) is 3.21. The normalized spacial score (nSPS) is 11.2. The van der Waals surface area contributed by atoms with Crippen LogP contribution in [0, 0.1) is 0 Å². The maximum Gasteiger partial charge on any atom is 0.340 e. The Kier molecular flexibility index (Phi) is 4.22. The first-order valence-corrected chi connectivity index (χ1v) is 6.46. The summed E-state index contributed by atoms with van der Waals surface area (Å²) in [5.41, 5.74) is 2.63. The van der Waals surface area contributed by atoms with Crippen LogP contribution in [0.25, 0.3) is 10.9 Å². The van der Waals surface area contributed by atoms with Crippen molar-refractivity contribution in [1.29, 1.82) is 0 Å². The van der Waals surface area contributed by atoms with Gasteiger partial charge in [-0.2, -0.15) is 0 Å². The van der Waals surface area contributed by atoms with E-state index in [2.05, 4.69) is 9.88 Å². The summed E-state index contributed by atoms with van der Waals surface area (Å²) in [7, 11) is 5.52. The Morgan fingerprint density at radius 1 is 1.32 bits per heavy atom. The molecule has 4 heteroatoms. The van der Waals surface area contributed by atoms with Crippen LogP contribution in [0.1, 0.15) is 22.5 Å². The maximum absolute atomic E-state index is 12.0. The van der Waals surface area contributed by atoms with Crippen LogP contribution in [0.4, 0.5) is 0 Å². The summed E-state index contributed by atoms with van der Waals surface area (Å²) in [5, 5.41) is 0.939. The second kappa shape index (κ2) is 5.89. The molecule has 4 nitrogen and oxygen atoms in total. The number of aromatic nitrogens is 1. The van der Waals surface area contributed by atoms with Gasteiger partial charge in [0.25, 0.3) is 0 Å². The fourth-order valence-corrected chi connectivity index (χ4v) is 2.29. The lowest BCUT2D eigenvalue weighted by Gasteiger charge is -2.09. The lowest BCUT2D eigenvalue weighted by Crippen LogP contribution is -2.14. The minimum Gasteiger partial charge on any atom is -0.465 e. The molecule has 0 aliphatic rings. The summed E-state index contributed by atoms with van der Waals surface area (Å²) in [6.45, 7) is 0.996. The van der Waals surface area contributed by atoms with Gasteiger partial charge in [0.15, 0.2) is 0 Å². The maximum atomic E-state index is 12.0. The summed E-state index contributed by atoms with van der Waals surface area (Å²) in [5.74, 6) is -0.266. The molecule has 0 bridgehead atoms. The Morgan fingerprint density at radius 2 is 2.05 bits per heavy atom. The molecule has 1 aromatic carbocycles. The Bertz CT molecular complexity index is 573. The lowest BCUT2D eigenvalue weighted by molar-refractivity contribution is 0.0601. The SMILES string of the molecule is COC(=O)c1c(CCCN(C)C)[nH]c2ccccc12. The van der Waals surface area contributed by atoms with Gasteiger partial charge in [-0.3, -0.25) is 0 Å². The number of nitrogens with one attached hydrogen (secondary N) is 1. The van der Waals surface area contributed by atoms with E-state index in [0.717, 1.165) is 36.0 Å². The number of carbonyl (C=O) groups excluding carboxylic acids is 1. The number of hydrogen-bond donors (Lipinski definition) is 1. The van der Waals surface area contributed by atoms with Crippen molar-refractivity contribution in [3.8, 4) is 0 Å². The lowest BCUT2D eigenvalue weighted by atomic mass is 10.1. The number of ether oxygens (including phenoxy) is 1. The average molecular weight is 260 g/mol. The van der Waals surface area contributed by atoms with E-state index in [0.29, 0.717) is 5.56 Å². The molecule has 0 atom stereocenters. The Balaban J connectivity index is 2.33. The van der Waals surface area contributed by atoms with Crippen LogP contribution in [0.3, 0.4) is 0 Å². The van der Waals surface area contributed by atoms with Gasteiger partial charge in [-0.25, -0.2) is 4.79 Å². The third-order valence-electron chi connectivity index (χ3n) is 3.21. The second-order valence-electron chi connectivity index (χ2n) is 4.92. The Morgan fingerprint density at radius 3 is 2.74 bits per heavy atom. The highest BCUT2D eigenvalue weighted by Gasteiger charge is 2.18. The smallest absolute Gasteiger partial charge is 0.340 e. The van der Waals surface area contributed by atoms with Gasteiger partial charge in [0, 0.05) is 16.6 Å². The number of hydrogen-bond acceptors (Lipinski definition) is 3. The van der Waals surface area contributed by atoms with Crippen molar-refractivity contribution in [1.82, 2.24) is 9.88 Å². The quantitative estimate of drug-likeness (QED) is 0.840. The van der Waals surface area contributed by atoms with E-state index in [4.69, 9.17) is 4.74 Å². The molecule has 0 aliphatic carbocycles. The van der Waals surface area contributed by atoms with Crippen molar-refractivity contribution >= 4 is 16.9 Å². The highest BCUT2D eigenvalue weighted by Crippen LogP contribution is 2.24. The van der Waals surface area contributed by atoms with Crippen LogP contribution in [0.5, 0.6) is 0 Å². The zero-order chi connectivity index (χ0) is 13.8. The van der Waals surface area contributed by atoms with Crippen molar-refractivity contribution in [2.24, 2.45) is 0 Å². The van der Waals surface area contributed by atoms with E-state index in [1.807, 2.05) is 38.4 Å². The predicted molar refractivity (Wildman–Crippen MR) is 76.5 cm³/mol. The molecule has 0 radical (unpaired) electrons. The second-order valence-corrected chi connectivity index (χ2v) is 4.92. The number of H-pyrrole nitrogens is 1. The van der Waals surface area contributed by atoms with Crippen LogP contribution < -0.4 is 0 Å². The first kappa shape index (κ1) is 13.6. The fraction of sp³-hybridized carbons (Fsp3) is 0.400. The number of rotatable bonds is 5. The molecule has 0 saturated carbocycles. The molecule has 0 spiro atoms. The molecular formula is C15H20N2O2. The number of esters is 1. The van der Waals surface area contributed by atoms with E-state index in [1.54, 1.807) is 0 Å². The Labute approximate surface area is 113 Å². The highest BCUT2D eigenvalue weighted by molar-refractivity contribution is 6.05. The molecule has 0 saturated heterocycles. The van der Waals surface area contributed by atoms with Gasteiger partial charge in [0.2, 0.25) is 0 Å². The molecule has 102 valence electrons. The van der Waals surface area contributed by atoms with Crippen molar-refractivity contribution in [2.45, 2.75) is 12.8 Å². The van der Waals surface area contributed by atoms with Gasteiger partial charge in [-0.1, -0.05) is 18.2 Å². The number of para-hydroxylation sites is 1. The molecule has 0 amide bonds. The average Bonchev–Trinajstić information content (AvgIpc) is 2.75. The van der Waals surface area contributed by atoms with E-state index >= 15 is 0 Å². The van der Waals surface area contributed by atoms with Gasteiger partial charge in [0.1, 0.15) is 0 Å². The van der Waals surface area contributed by atoms with Gasteiger partial charge in [0.05, 0.1) is 12.7 Å².